The third-order valence-electron chi connectivity index (χ3n) is 2.90. The van der Waals surface area contributed by atoms with Gasteiger partial charge in [0, 0.05) is 23.3 Å². The summed E-state index contributed by atoms with van der Waals surface area (Å²) >= 11 is 3.24. The van der Waals surface area contributed by atoms with E-state index in [4.69, 9.17) is 10.8 Å². The molecule has 19 heavy (non-hydrogen) atoms. The molecule has 0 amide bonds. The van der Waals surface area contributed by atoms with E-state index in [1.165, 1.54) is 6.07 Å². The van der Waals surface area contributed by atoms with Crippen LogP contribution in [0.25, 0.3) is 0 Å². The standard InChI is InChI=1S/C12H19BrN2O3S/c1-8(3-4-16)7-15-19(17,18)12-6-10(13)5-11(14)9(12)2/h5-6,8,15-16H,3-4,7,14H2,1-2H3. The number of nitrogens with two attached hydrogens (primary N) is 1. The van der Waals surface area contributed by atoms with E-state index < -0.39 is 10.0 Å². The summed E-state index contributed by atoms with van der Waals surface area (Å²) < 4.78 is 27.6. The molecule has 0 aliphatic carbocycles. The van der Waals surface area contributed by atoms with Crippen molar-refractivity contribution >= 4 is 31.6 Å². The molecule has 108 valence electrons. The van der Waals surface area contributed by atoms with E-state index in [1.807, 2.05) is 6.92 Å². The normalized spacial score (nSPS) is 13.5. The fraction of sp³-hybridized carbons (Fsp3) is 0.500. The Kier molecular flexibility index (Phi) is 5.79. The molecule has 0 aliphatic rings. The summed E-state index contributed by atoms with van der Waals surface area (Å²) in [6.07, 6.45) is 0.558. The predicted octanol–water partition coefficient (Wildman–Crippen LogP) is 1.64. The zero-order valence-corrected chi connectivity index (χ0v) is 13.4. The van der Waals surface area contributed by atoms with Crippen molar-refractivity contribution in [2.24, 2.45) is 5.92 Å². The molecule has 4 N–H and O–H groups in total. The summed E-state index contributed by atoms with van der Waals surface area (Å²) in [7, 11) is -3.59. The lowest BCUT2D eigenvalue weighted by molar-refractivity contribution is 0.263. The van der Waals surface area contributed by atoms with Gasteiger partial charge in [-0.3, -0.25) is 0 Å². The van der Waals surface area contributed by atoms with Gasteiger partial charge in [0.1, 0.15) is 0 Å². The molecule has 1 aromatic rings. The summed E-state index contributed by atoms with van der Waals surface area (Å²) in [4.78, 5) is 0.176. The van der Waals surface area contributed by atoms with Gasteiger partial charge in [-0.05, 0) is 37.0 Å². The minimum atomic E-state index is -3.59. The molecule has 0 radical (unpaired) electrons. The first-order chi connectivity index (χ1) is 8.77. The first-order valence-electron chi connectivity index (χ1n) is 5.94. The van der Waals surface area contributed by atoms with Crippen molar-refractivity contribution in [1.82, 2.24) is 4.72 Å². The zero-order valence-electron chi connectivity index (χ0n) is 11.0. The predicted molar refractivity (Wildman–Crippen MR) is 79.3 cm³/mol. The number of nitrogens with one attached hydrogen (secondary N) is 1. The topological polar surface area (TPSA) is 92.4 Å². The van der Waals surface area contributed by atoms with Crippen LogP contribution in [0.2, 0.25) is 0 Å². The lowest BCUT2D eigenvalue weighted by Crippen LogP contribution is -2.29. The number of rotatable bonds is 6. The molecule has 7 heteroatoms. The maximum Gasteiger partial charge on any atom is 0.240 e. The van der Waals surface area contributed by atoms with Gasteiger partial charge >= 0.3 is 0 Å². The number of hydrogen-bond donors (Lipinski definition) is 3. The SMILES string of the molecule is Cc1c(N)cc(Br)cc1S(=O)(=O)NCC(C)CCO. The molecular formula is C12H19BrN2O3S. The smallest absolute Gasteiger partial charge is 0.240 e. The van der Waals surface area contributed by atoms with Crippen molar-refractivity contribution in [3.63, 3.8) is 0 Å². The third kappa shape index (κ3) is 4.45. The molecule has 1 atom stereocenters. The van der Waals surface area contributed by atoms with Crippen LogP contribution < -0.4 is 10.5 Å². The molecule has 0 fully saturated rings. The fourth-order valence-corrected chi connectivity index (χ4v) is 3.70. The highest BCUT2D eigenvalue weighted by Crippen LogP contribution is 2.26. The molecule has 0 aromatic heterocycles. The number of hydrogen-bond acceptors (Lipinski definition) is 4. The Morgan fingerprint density at radius 3 is 2.68 bits per heavy atom. The first-order valence-corrected chi connectivity index (χ1v) is 8.21. The second-order valence-corrected chi connectivity index (χ2v) is 7.24. The second-order valence-electron chi connectivity index (χ2n) is 4.59. The zero-order chi connectivity index (χ0) is 14.6. The van der Waals surface area contributed by atoms with E-state index in [2.05, 4.69) is 20.7 Å². The van der Waals surface area contributed by atoms with Gasteiger partial charge in [-0.2, -0.15) is 0 Å². The molecule has 5 nitrogen and oxygen atoms in total. The maximum atomic E-state index is 12.2. The maximum absolute atomic E-state index is 12.2. The lowest BCUT2D eigenvalue weighted by Gasteiger charge is -2.14. The second kappa shape index (κ2) is 6.69. The van der Waals surface area contributed by atoms with E-state index >= 15 is 0 Å². The minimum absolute atomic E-state index is 0.0474. The average molecular weight is 351 g/mol. The van der Waals surface area contributed by atoms with Gasteiger partial charge in [-0.1, -0.05) is 22.9 Å². The van der Waals surface area contributed by atoms with E-state index in [0.717, 1.165) is 0 Å². The highest BCUT2D eigenvalue weighted by Gasteiger charge is 2.19. The molecule has 0 spiro atoms. The molecule has 0 heterocycles. The summed E-state index contributed by atoms with van der Waals surface area (Å²) in [5, 5.41) is 8.80. The van der Waals surface area contributed by atoms with Crippen LogP contribution in [0.5, 0.6) is 0 Å². The van der Waals surface area contributed by atoms with Gasteiger partial charge in [-0.25, -0.2) is 13.1 Å². The van der Waals surface area contributed by atoms with Gasteiger partial charge in [0.05, 0.1) is 4.90 Å². The summed E-state index contributed by atoms with van der Waals surface area (Å²) in [6.45, 7) is 3.88. The van der Waals surface area contributed by atoms with Gasteiger partial charge in [0.15, 0.2) is 0 Å². The van der Waals surface area contributed by atoms with Crippen molar-refractivity contribution in [2.45, 2.75) is 25.2 Å². The van der Waals surface area contributed by atoms with Crippen molar-refractivity contribution < 1.29 is 13.5 Å². The summed E-state index contributed by atoms with van der Waals surface area (Å²) in [5.74, 6) is 0.0737. The Balaban J connectivity index is 2.95. The summed E-state index contributed by atoms with van der Waals surface area (Å²) in [6, 6.07) is 3.20. The van der Waals surface area contributed by atoms with Crippen LogP contribution in [-0.2, 0) is 10.0 Å². The average Bonchev–Trinajstić information content (AvgIpc) is 2.31. The van der Waals surface area contributed by atoms with Gasteiger partial charge in [-0.15, -0.1) is 0 Å². The van der Waals surface area contributed by atoms with E-state index in [-0.39, 0.29) is 24.0 Å². The molecule has 1 aromatic carbocycles. The van der Waals surface area contributed by atoms with Crippen LogP contribution in [-0.4, -0.2) is 26.7 Å². The van der Waals surface area contributed by atoms with Gasteiger partial charge in [0.2, 0.25) is 10.0 Å². The minimum Gasteiger partial charge on any atom is -0.398 e. The number of nitrogen functional groups attached to an aromatic ring is 1. The quantitative estimate of drug-likeness (QED) is 0.680. The number of aliphatic hydroxyl groups excluding tert-OH is 1. The Morgan fingerprint density at radius 1 is 1.47 bits per heavy atom. The monoisotopic (exact) mass is 350 g/mol. The van der Waals surface area contributed by atoms with Crippen molar-refractivity contribution in [3.8, 4) is 0 Å². The molecular weight excluding hydrogens is 332 g/mol. The Labute approximate surface area is 122 Å². The van der Waals surface area contributed by atoms with Crippen LogP contribution in [0.15, 0.2) is 21.5 Å². The summed E-state index contributed by atoms with van der Waals surface area (Å²) in [5.41, 5.74) is 6.73. The van der Waals surface area contributed by atoms with Crippen LogP contribution in [0.4, 0.5) is 5.69 Å². The molecule has 0 saturated heterocycles. The Morgan fingerprint density at radius 2 is 2.11 bits per heavy atom. The van der Waals surface area contributed by atoms with E-state index in [9.17, 15) is 8.42 Å². The lowest BCUT2D eigenvalue weighted by atomic mass is 10.1. The van der Waals surface area contributed by atoms with Crippen LogP contribution in [0.1, 0.15) is 18.9 Å². The van der Waals surface area contributed by atoms with Crippen molar-refractivity contribution in [3.05, 3.63) is 22.2 Å². The number of halogens is 1. The Bertz CT molecular complexity index is 546. The highest BCUT2D eigenvalue weighted by molar-refractivity contribution is 9.10. The largest absolute Gasteiger partial charge is 0.398 e. The van der Waals surface area contributed by atoms with Crippen LogP contribution in [0, 0.1) is 12.8 Å². The molecule has 1 unspecified atom stereocenters. The number of anilines is 1. The highest BCUT2D eigenvalue weighted by atomic mass is 79.9. The number of sulfonamides is 1. The fourth-order valence-electron chi connectivity index (χ4n) is 1.61. The molecule has 1 rings (SSSR count). The van der Waals surface area contributed by atoms with Crippen LogP contribution in [0.3, 0.4) is 0 Å². The van der Waals surface area contributed by atoms with Crippen molar-refractivity contribution in [2.75, 3.05) is 18.9 Å². The number of aliphatic hydroxyl groups is 1. The molecule has 0 saturated carbocycles. The number of benzene rings is 1. The Hall–Kier alpha value is -0.630. The van der Waals surface area contributed by atoms with Crippen molar-refractivity contribution in [1.29, 1.82) is 0 Å². The molecule has 0 aliphatic heterocycles. The van der Waals surface area contributed by atoms with Gasteiger partial charge < -0.3 is 10.8 Å². The van der Waals surface area contributed by atoms with Crippen LogP contribution >= 0.6 is 15.9 Å². The first kappa shape index (κ1) is 16.4. The van der Waals surface area contributed by atoms with E-state index in [1.54, 1.807) is 13.0 Å². The van der Waals surface area contributed by atoms with E-state index in [0.29, 0.717) is 22.1 Å². The van der Waals surface area contributed by atoms with Gasteiger partial charge in [0.25, 0.3) is 0 Å². The third-order valence-corrected chi connectivity index (χ3v) is 4.91. The molecule has 0 bridgehead atoms.